The lowest BCUT2D eigenvalue weighted by molar-refractivity contribution is 0.0570. The molecule has 1 unspecified atom stereocenters. The van der Waals surface area contributed by atoms with Gasteiger partial charge in [0.2, 0.25) is 0 Å². The highest BCUT2D eigenvalue weighted by atomic mass is 32.2. The third kappa shape index (κ3) is 2.90. The zero-order chi connectivity index (χ0) is 7.23. The minimum absolute atomic E-state index is 0.751. The van der Waals surface area contributed by atoms with Crippen LogP contribution in [0.4, 0.5) is 0 Å². The summed E-state index contributed by atoms with van der Waals surface area (Å²) in [6, 6.07) is 0. The number of ether oxygens (including phenoxy) is 1. The fourth-order valence-electron chi connectivity index (χ4n) is 1.17. The average molecular weight is 161 g/mol. The van der Waals surface area contributed by atoms with E-state index in [1.54, 1.807) is 11.9 Å². The minimum atomic E-state index is 0.751. The topological polar surface area (TPSA) is 21.3 Å². The molecule has 0 radical (unpaired) electrons. The predicted molar refractivity (Wildman–Crippen MR) is 45.1 cm³/mol. The molecule has 1 aliphatic rings. The zero-order valence-corrected chi connectivity index (χ0v) is 7.25. The molecule has 0 bridgehead atoms. The Hall–Kier alpha value is 0.270. The van der Waals surface area contributed by atoms with Gasteiger partial charge in [-0.3, -0.25) is 4.72 Å². The summed E-state index contributed by atoms with van der Waals surface area (Å²) in [5.74, 6) is 0.751. The first-order valence-corrected chi connectivity index (χ1v) is 4.99. The Balaban J connectivity index is 2.02. The molecule has 0 aromatic heterocycles. The zero-order valence-electron chi connectivity index (χ0n) is 6.43. The van der Waals surface area contributed by atoms with E-state index in [0.29, 0.717) is 0 Å². The maximum Gasteiger partial charge on any atom is 0.0506 e. The molecule has 0 saturated carbocycles. The lowest BCUT2D eigenvalue weighted by Crippen LogP contribution is -2.25. The van der Waals surface area contributed by atoms with E-state index in [0.717, 1.165) is 25.7 Å². The highest BCUT2D eigenvalue weighted by Gasteiger charge is 2.12. The van der Waals surface area contributed by atoms with Crippen LogP contribution in [0.5, 0.6) is 0 Å². The monoisotopic (exact) mass is 161 g/mol. The summed E-state index contributed by atoms with van der Waals surface area (Å²) < 4.78 is 8.58. The first-order chi connectivity index (χ1) is 4.93. The molecule has 2 nitrogen and oxygen atoms in total. The summed E-state index contributed by atoms with van der Waals surface area (Å²) in [6.07, 6.45) is 4.62. The maximum absolute atomic E-state index is 5.33. The van der Waals surface area contributed by atoms with E-state index in [9.17, 15) is 0 Å². The first kappa shape index (κ1) is 8.37. The van der Waals surface area contributed by atoms with Crippen molar-refractivity contribution in [1.82, 2.24) is 4.72 Å². The van der Waals surface area contributed by atoms with Crippen LogP contribution in [-0.4, -0.2) is 26.0 Å². The quantitative estimate of drug-likeness (QED) is 0.630. The molecular weight excluding hydrogens is 146 g/mol. The van der Waals surface area contributed by atoms with E-state index in [4.69, 9.17) is 4.74 Å². The van der Waals surface area contributed by atoms with Crippen LogP contribution in [0.1, 0.15) is 12.8 Å². The molecule has 1 heterocycles. The highest BCUT2D eigenvalue weighted by molar-refractivity contribution is 7.96. The van der Waals surface area contributed by atoms with Crippen molar-refractivity contribution < 1.29 is 4.74 Å². The van der Waals surface area contributed by atoms with Crippen molar-refractivity contribution in [2.24, 2.45) is 5.92 Å². The van der Waals surface area contributed by atoms with Crippen LogP contribution in [0.3, 0.4) is 0 Å². The molecule has 1 aliphatic heterocycles. The molecule has 0 aromatic rings. The Morgan fingerprint density at radius 1 is 1.70 bits per heavy atom. The Kier molecular flexibility index (Phi) is 4.18. The summed E-state index contributed by atoms with van der Waals surface area (Å²) in [5.41, 5.74) is 0. The predicted octanol–water partition coefficient (Wildman–Crippen LogP) is 1.28. The van der Waals surface area contributed by atoms with Gasteiger partial charge in [-0.25, -0.2) is 0 Å². The van der Waals surface area contributed by atoms with Crippen LogP contribution in [0.15, 0.2) is 0 Å². The van der Waals surface area contributed by atoms with E-state index in [2.05, 4.69) is 11.0 Å². The minimum Gasteiger partial charge on any atom is -0.381 e. The fourth-order valence-corrected chi connectivity index (χ4v) is 1.57. The van der Waals surface area contributed by atoms with Crippen LogP contribution < -0.4 is 4.72 Å². The molecule has 10 heavy (non-hydrogen) atoms. The van der Waals surface area contributed by atoms with Crippen molar-refractivity contribution in [1.29, 1.82) is 0 Å². The van der Waals surface area contributed by atoms with Crippen LogP contribution >= 0.6 is 11.9 Å². The van der Waals surface area contributed by atoms with Gasteiger partial charge >= 0.3 is 0 Å². The molecule has 0 amide bonds. The fraction of sp³-hybridized carbons (Fsp3) is 1.00. The van der Waals surface area contributed by atoms with Crippen LogP contribution in [0, 0.1) is 5.92 Å². The molecule has 1 N–H and O–H groups in total. The van der Waals surface area contributed by atoms with E-state index >= 15 is 0 Å². The first-order valence-electron chi connectivity index (χ1n) is 3.77. The number of rotatable bonds is 3. The lowest BCUT2D eigenvalue weighted by Gasteiger charge is -2.21. The molecule has 1 saturated heterocycles. The second kappa shape index (κ2) is 4.99. The molecule has 60 valence electrons. The van der Waals surface area contributed by atoms with Crippen LogP contribution in [0.2, 0.25) is 0 Å². The van der Waals surface area contributed by atoms with Gasteiger partial charge in [0.25, 0.3) is 0 Å². The SMILES string of the molecule is CSNCC1CCCOC1. The summed E-state index contributed by atoms with van der Waals surface area (Å²) in [5, 5.41) is 0. The van der Waals surface area contributed by atoms with Crippen LogP contribution in [-0.2, 0) is 4.74 Å². The van der Waals surface area contributed by atoms with Gasteiger partial charge in [0, 0.05) is 13.2 Å². The van der Waals surface area contributed by atoms with Gasteiger partial charge in [0.1, 0.15) is 0 Å². The molecule has 1 fully saturated rings. The molecule has 0 aliphatic carbocycles. The van der Waals surface area contributed by atoms with E-state index < -0.39 is 0 Å². The van der Waals surface area contributed by atoms with Crippen molar-refractivity contribution in [2.45, 2.75) is 12.8 Å². The molecule has 1 rings (SSSR count). The van der Waals surface area contributed by atoms with Crippen molar-refractivity contribution in [3.8, 4) is 0 Å². The van der Waals surface area contributed by atoms with E-state index in [1.807, 2.05) is 0 Å². The Morgan fingerprint density at radius 2 is 2.60 bits per heavy atom. The summed E-state index contributed by atoms with van der Waals surface area (Å²) in [4.78, 5) is 0. The largest absolute Gasteiger partial charge is 0.381 e. The standard InChI is InChI=1S/C7H15NOS/c1-10-8-5-7-3-2-4-9-6-7/h7-8H,2-6H2,1H3. The lowest BCUT2D eigenvalue weighted by atomic mass is 10.0. The summed E-state index contributed by atoms with van der Waals surface area (Å²) in [6.45, 7) is 3.02. The van der Waals surface area contributed by atoms with Gasteiger partial charge in [0.05, 0.1) is 6.61 Å². The van der Waals surface area contributed by atoms with Gasteiger partial charge in [0.15, 0.2) is 0 Å². The second-order valence-electron chi connectivity index (χ2n) is 2.64. The van der Waals surface area contributed by atoms with Gasteiger partial charge in [-0.15, -0.1) is 0 Å². The maximum atomic E-state index is 5.33. The van der Waals surface area contributed by atoms with Gasteiger partial charge in [-0.05, 0) is 25.0 Å². The van der Waals surface area contributed by atoms with Crippen LogP contribution in [0.25, 0.3) is 0 Å². The van der Waals surface area contributed by atoms with Crippen molar-refractivity contribution >= 4 is 11.9 Å². The van der Waals surface area contributed by atoms with Gasteiger partial charge in [-0.2, -0.15) is 0 Å². The molecule has 0 aromatic carbocycles. The molecule has 0 spiro atoms. The van der Waals surface area contributed by atoms with Gasteiger partial charge in [-0.1, -0.05) is 11.9 Å². The van der Waals surface area contributed by atoms with Crippen molar-refractivity contribution in [3.05, 3.63) is 0 Å². The number of hydrogen-bond donors (Lipinski definition) is 1. The summed E-state index contributed by atoms with van der Waals surface area (Å²) >= 11 is 1.69. The third-order valence-corrected chi connectivity index (χ3v) is 2.23. The summed E-state index contributed by atoms with van der Waals surface area (Å²) in [7, 11) is 0. The second-order valence-corrected chi connectivity index (χ2v) is 3.33. The average Bonchev–Trinajstić information content (AvgIpc) is 2.03. The molecular formula is C7H15NOS. The molecule has 1 atom stereocenters. The highest BCUT2D eigenvalue weighted by Crippen LogP contribution is 2.12. The van der Waals surface area contributed by atoms with E-state index in [-0.39, 0.29) is 0 Å². The van der Waals surface area contributed by atoms with Gasteiger partial charge < -0.3 is 4.74 Å². The Morgan fingerprint density at radius 3 is 3.20 bits per heavy atom. The normalized spacial score (nSPS) is 26.7. The van der Waals surface area contributed by atoms with Crippen molar-refractivity contribution in [3.63, 3.8) is 0 Å². The van der Waals surface area contributed by atoms with Crippen molar-refractivity contribution in [2.75, 3.05) is 26.0 Å². The third-order valence-electron chi connectivity index (χ3n) is 1.77. The smallest absolute Gasteiger partial charge is 0.0506 e. The number of nitrogens with one attached hydrogen (secondary N) is 1. The Bertz CT molecular complexity index is 83.7. The number of hydrogen-bond acceptors (Lipinski definition) is 3. The molecule has 3 heteroatoms. The van der Waals surface area contributed by atoms with E-state index in [1.165, 1.54) is 12.8 Å². The Labute approximate surface area is 66.8 Å².